The number of aromatic nitrogens is 2. The van der Waals surface area contributed by atoms with Crippen LogP contribution >= 0.6 is 11.8 Å². The third kappa shape index (κ3) is 8.27. The zero-order valence-corrected chi connectivity index (χ0v) is 26.8. The Bertz CT molecular complexity index is 1520. The first-order valence-electron chi connectivity index (χ1n) is 15.3. The highest BCUT2D eigenvalue weighted by atomic mass is 32.2. The molecule has 238 valence electrons. The number of hydrogen-bond acceptors (Lipinski definition) is 9. The Morgan fingerprint density at radius 3 is 2.60 bits per heavy atom. The van der Waals surface area contributed by atoms with Crippen LogP contribution in [0.4, 0.5) is 0 Å². The molecule has 0 amide bonds. The van der Waals surface area contributed by atoms with Gasteiger partial charge >= 0.3 is 5.97 Å². The maximum Gasteiger partial charge on any atom is 0.321 e. The van der Waals surface area contributed by atoms with Gasteiger partial charge in [0.25, 0.3) is 0 Å². The fourth-order valence-electron chi connectivity index (χ4n) is 5.87. The monoisotopic (exact) mass is 630 g/mol. The zero-order chi connectivity index (χ0) is 32.5. The molecule has 4 rings (SSSR count). The summed E-state index contributed by atoms with van der Waals surface area (Å²) in [6.45, 7) is 4.97. The van der Waals surface area contributed by atoms with Gasteiger partial charge in [0, 0.05) is 43.2 Å². The molecular weight excluding hydrogens is 588 g/mol. The minimum Gasteiger partial charge on any atom is -0.480 e. The Morgan fingerprint density at radius 2 is 1.93 bits per heavy atom. The normalized spacial score (nSPS) is 17.7. The molecule has 3 aromatic rings. The second kappa shape index (κ2) is 16.0. The second-order valence-electron chi connectivity index (χ2n) is 11.7. The molecule has 45 heavy (non-hydrogen) atoms. The van der Waals surface area contributed by atoms with Crippen LogP contribution in [0.15, 0.2) is 61.1 Å². The maximum absolute atomic E-state index is 14.1. The lowest BCUT2D eigenvalue weighted by Crippen LogP contribution is -2.61. The van der Waals surface area contributed by atoms with Crippen LogP contribution in [0.1, 0.15) is 54.3 Å². The summed E-state index contributed by atoms with van der Waals surface area (Å²) >= 11 is 1.40. The minimum absolute atomic E-state index is 0.0247. The number of rotatable bonds is 16. The van der Waals surface area contributed by atoms with Gasteiger partial charge in [0.2, 0.25) is 0 Å². The van der Waals surface area contributed by atoms with Gasteiger partial charge in [-0.05, 0) is 47.4 Å². The number of benzene rings is 2. The number of aliphatic carboxylic acids is 1. The summed E-state index contributed by atoms with van der Waals surface area (Å²) in [5.74, 6) is -2.44. The predicted octanol–water partition coefficient (Wildman–Crippen LogP) is 3.13. The number of thioether (sulfide) groups is 1. The van der Waals surface area contributed by atoms with E-state index in [1.807, 2.05) is 61.1 Å². The molecule has 0 bridgehead atoms. The molecule has 1 aliphatic heterocycles. The standard InChI is InChI=1S/C34H42N6O4S/c1-4-21(2)29(36)32(28(41)15-25-17-37-20-40(25)18-23-11-9-22(16-35)10-12-23)39-31(34(43)44)27(19-45-3)33(42)30-26-8-6-5-7-24(26)13-14-38-30/h5-12,17,20-21,27,29-32,38-39H,4,13-15,18-19,36H2,1-3H3,(H,43,44)/t21-,27-,29-,30?,31-,32?/m0/s1. The van der Waals surface area contributed by atoms with E-state index in [2.05, 4.69) is 21.7 Å². The number of carbonyl (C=O) groups is 3. The van der Waals surface area contributed by atoms with Crippen LogP contribution in [-0.4, -0.2) is 68.9 Å². The second-order valence-corrected chi connectivity index (χ2v) is 12.6. The number of nitrogens with one attached hydrogen (secondary N) is 2. The molecule has 0 radical (unpaired) electrons. The van der Waals surface area contributed by atoms with E-state index < -0.39 is 36.1 Å². The number of carbonyl (C=O) groups excluding carboxylic acids is 2. The predicted molar refractivity (Wildman–Crippen MR) is 175 cm³/mol. The van der Waals surface area contributed by atoms with E-state index in [1.165, 1.54) is 11.8 Å². The molecule has 0 spiro atoms. The number of ketones is 2. The summed E-state index contributed by atoms with van der Waals surface area (Å²) in [6, 6.07) is 13.4. The molecule has 10 nitrogen and oxygen atoms in total. The number of carboxylic acid groups (broad SMARTS) is 1. The van der Waals surface area contributed by atoms with Gasteiger partial charge in [0.05, 0.1) is 36.0 Å². The van der Waals surface area contributed by atoms with Gasteiger partial charge in [-0.15, -0.1) is 0 Å². The summed E-state index contributed by atoms with van der Waals surface area (Å²) in [7, 11) is 0. The highest BCUT2D eigenvalue weighted by Crippen LogP contribution is 2.29. The van der Waals surface area contributed by atoms with Gasteiger partial charge in [0.1, 0.15) is 6.04 Å². The molecule has 1 aromatic heterocycles. The molecule has 6 atom stereocenters. The Labute approximate surface area is 268 Å². The first-order chi connectivity index (χ1) is 21.7. The third-order valence-electron chi connectivity index (χ3n) is 8.76. The molecule has 0 aliphatic carbocycles. The molecule has 0 saturated heterocycles. The minimum atomic E-state index is -1.33. The SMILES string of the molecule is CC[C@H](C)[C@H](N)C(N[C@H](C(=O)O)[C@H](CSC)C(=O)C1NCCc2ccccc21)C(=O)Cc1cncn1Cc1ccc(C#N)cc1. The van der Waals surface area contributed by atoms with Gasteiger partial charge in [-0.2, -0.15) is 17.0 Å². The molecule has 0 fully saturated rings. The fourth-order valence-corrected chi connectivity index (χ4v) is 6.59. The quantitative estimate of drug-likeness (QED) is 0.185. The number of nitrogens with two attached hydrogens (primary N) is 1. The lowest BCUT2D eigenvalue weighted by molar-refractivity contribution is -0.144. The van der Waals surface area contributed by atoms with E-state index in [1.54, 1.807) is 24.7 Å². The van der Waals surface area contributed by atoms with E-state index in [0.717, 1.165) is 23.1 Å². The summed E-state index contributed by atoms with van der Waals surface area (Å²) in [5, 5.41) is 26.0. The highest BCUT2D eigenvalue weighted by Gasteiger charge is 2.42. The van der Waals surface area contributed by atoms with Gasteiger partial charge in [-0.25, -0.2) is 4.98 Å². The Hall–Kier alpha value is -3.82. The molecule has 11 heteroatoms. The Balaban J connectivity index is 1.60. The zero-order valence-electron chi connectivity index (χ0n) is 26.0. The smallest absolute Gasteiger partial charge is 0.321 e. The average molecular weight is 631 g/mol. The van der Waals surface area contributed by atoms with Crippen molar-refractivity contribution in [2.45, 2.75) is 63.8 Å². The molecule has 1 aliphatic rings. The van der Waals surface area contributed by atoms with Crippen molar-refractivity contribution in [1.82, 2.24) is 20.2 Å². The summed E-state index contributed by atoms with van der Waals surface area (Å²) in [6.07, 6.45) is 6.55. The van der Waals surface area contributed by atoms with Gasteiger partial charge in [-0.1, -0.05) is 56.7 Å². The molecule has 2 heterocycles. The first kappa shape index (κ1) is 34.1. The van der Waals surface area contributed by atoms with E-state index in [9.17, 15) is 19.5 Å². The summed E-state index contributed by atoms with van der Waals surface area (Å²) < 4.78 is 1.85. The number of carboxylic acids is 1. The lowest BCUT2D eigenvalue weighted by atomic mass is 9.83. The maximum atomic E-state index is 14.1. The molecule has 5 N–H and O–H groups in total. The van der Waals surface area contributed by atoms with Gasteiger partial charge in [0.15, 0.2) is 11.6 Å². The lowest BCUT2D eigenvalue weighted by Gasteiger charge is -2.35. The molecule has 2 aromatic carbocycles. The van der Waals surface area contributed by atoms with Crippen LogP contribution < -0.4 is 16.4 Å². The highest BCUT2D eigenvalue weighted by molar-refractivity contribution is 7.98. The first-order valence-corrected chi connectivity index (χ1v) is 16.7. The topological polar surface area (TPSA) is 163 Å². The Kier molecular flexibility index (Phi) is 12.1. The van der Waals surface area contributed by atoms with Crippen molar-refractivity contribution < 1.29 is 19.5 Å². The van der Waals surface area contributed by atoms with Gasteiger partial charge < -0.3 is 20.7 Å². The number of nitrogens with zero attached hydrogens (tertiary/aromatic N) is 3. The van der Waals surface area contributed by atoms with E-state index >= 15 is 0 Å². The largest absolute Gasteiger partial charge is 0.480 e. The summed E-state index contributed by atoms with van der Waals surface area (Å²) in [5.41, 5.74) is 10.8. The van der Waals surface area contributed by atoms with Crippen molar-refractivity contribution in [1.29, 1.82) is 5.26 Å². The van der Waals surface area contributed by atoms with Crippen LogP contribution in [-0.2, 0) is 33.8 Å². The number of hydrogen-bond donors (Lipinski definition) is 4. The van der Waals surface area contributed by atoms with Crippen molar-refractivity contribution in [3.05, 3.63) is 89.0 Å². The third-order valence-corrected chi connectivity index (χ3v) is 9.45. The van der Waals surface area contributed by atoms with Crippen LogP contribution in [0, 0.1) is 23.2 Å². The molecule has 0 saturated carbocycles. The van der Waals surface area contributed by atoms with Crippen molar-refractivity contribution in [3.8, 4) is 6.07 Å². The van der Waals surface area contributed by atoms with Crippen molar-refractivity contribution >= 4 is 29.3 Å². The number of fused-ring (bicyclic) bond motifs is 1. The van der Waals surface area contributed by atoms with Crippen LogP contribution in [0.2, 0.25) is 0 Å². The summed E-state index contributed by atoms with van der Waals surface area (Å²) in [4.78, 5) is 45.2. The van der Waals surface area contributed by atoms with E-state index in [0.29, 0.717) is 30.8 Å². The fraction of sp³-hybridized carbons (Fsp3) is 0.441. The number of nitriles is 1. The van der Waals surface area contributed by atoms with Crippen molar-refractivity contribution in [2.75, 3.05) is 18.6 Å². The van der Waals surface area contributed by atoms with Crippen LogP contribution in [0.5, 0.6) is 0 Å². The van der Waals surface area contributed by atoms with E-state index in [-0.39, 0.29) is 29.7 Å². The Morgan fingerprint density at radius 1 is 1.20 bits per heavy atom. The number of Topliss-reactive ketones (excluding diaryl/α,β-unsaturated/α-hetero) is 2. The van der Waals surface area contributed by atoms with Gasteiger partial charge in [-0.3, -0.25) is 19.7 Å². The van der Waals surface area contributed by atoms with Crippen LogP contribution in [0.25, 0.3) is 0 Å². The molecular formula is C34H42N6O4S. The van der Waals surface area contributed by atoms with Crippen LogP contribution in [0.3, 0.4) is 0 Å². The molecule has 2 unspecified atom stereocenters. The van der Waals surface area contributed by atoms with E-state index in [4.69, 9.17) is 11.0 Å². The van der Waals surface area contributed by atoms with Crippen molar-refractivity contribution in [3.63, 3.8) is 0 Å². The number of imidazole rings is 1. The average Bonchev–Trinajstić information content (AvgIpc) is 3.49. The van der Waals surface area contributed by atoms with Crippen molar-refractivity contribution in [2.24, 2.45) is 17.6 Å².